The van der Waals surface area contributed by atoms with Gasteiger partial charge in [-0.25, -0.2) is 0 Å². The number of halogens is 1. The number of rotatable bonds is 6. The second-order valence-corrected chi connectivity index (χ2v) is 6.38. The Hall–Kier alpha value is -3.24. The average molecular weight is 394 g/mol. The van der Waals surface area contributed by atoms with Gasteiger partial charge in [-0.05, 0) is 35.4 Å². The summed E-state index contributed by atoms with van der Waals surface area (Å²) in [5.41, 5.74) is 2.66. The lowest BCUT2D eigenvalue weighted by Gasteiger charge is -2.13. The molecule has 0 aliphatic heterocycles. The quantitative estimate of drug-likeness (QED) is 0.442. The topological polar surface area (TPSA) is 47.6 Å². The van der Waals surface area contributed by atoms with E-state index in [0.717, 1.165) is 11.1 Å². The predicted molar refractivity (Wildman–Crippen MR) is 114 cm³/mol. The molecule has 3 rings (SSSR count). The summed E-state index contributed by atoms with van der Waals surface area (Å²) in [6.07, 6.45) is 1.79. The van der Waals surface area contributed by atoms with Crippen molar-refractivity contribution in [3.63, 3.8) is 0 Å². The number of amides is 1. The first kappa shape index (κ1) is 19.5. The van der Waals surface area contributed by atoms with Gasteiger partial charge in [-0.1, -0.05) is 60.1 Å². The Bertz CT molecular complexity index is 1000. The summed E-state index contributed by atoms with van der Waals surface area (Å²) in [6, 6.07) is 22.1. The average Bonchev–Trinajstić information content (AvgIpc) is 2.73. The van der Waals surface area contributed by atoms with E-state index in [2.05, 4.69) is 5.32 Å². The normalized spacial score (nSPS) is 11.0. The van der Waals surface area contributed by atoms with E-state index in [1.54, 1.807) is 44.6 Å². The first-order valence-corrected chi connectivity index (χ1v) is 9.05. The Morgan fingerprint density at radius 3 is 2.25 bits per heavy atom. The van der Waals surface area contributed by atoms with Crippen LogP contribution in [0.2, 0.25) is 5.02 Å². The van der Waals surface area contributed by atoms with E-state index in [9.17, 15) is 4.79 Å². The summed E-state index contributed by atoms with van der Waals surface area (Å²) >= 11 is 6.29. The van der Waals surface area contributed by atoms with Crippen LogP contribution in [0.4, 0.5) is 5.69 Å². The van der Waals surface area contributed by atoms with Crippen molar-refractivity contribution in [3.05, 3.63) is 88.9 Å². The molecule has 0 unspecified atom stereocenters. The lowest BCUT2D eigenvalue weighted by Crippen LogP contribution is -2.13. The molecule has 28 heavy (non-hydrogen) atoms. The molecule has 0 bridgehead atoms. The van der Waals surface area contributed by atoms with Gasteiger partial charge < -0.3 is 14.8 Å². The Morgan fingerprint density at radius 2 is 1.57 bits per heavy atom. The SMILES string of the molecule is COc1ccc(NC(=O)/C(=C/c2ccccc2Cl)c2ccccc2)cc1OC. The highest BCUT2D eigenvalue weighted by Crippen LogP contribution is 2.31. The molecule has 4 nitrogen and oxygen atoms in total. The molecule has 0 aliphatic carbocycles. The highest BCUT2D eigenvalue weighted by atomic mass is 35.5. The fourth-order valence-electron chi connectivity index (χ4n) is 2.76. The molecular weight excluding hydrogens is 374 g/mol. The van der Waals surface area contributed by atoms with Crippen molar-refractivity contribution >= 4 is 34.8 Å². The second-order valence-electron chi connectivity index (χ2n) is 5.97. The van der Waals surface area contributed by atoms with Crippen molar-refractivity contribution in [1.82, 2.24) is 0 Å². The molecule has 142 valence electrons. The van der Waals surface area contributed by atoms with Crippen molar-refractivity contribution in [2.24, 2.45) is 0 Å². The van der Waals surface area contributed by atoms with E-state index >= 15 is 0 Å². The van der Waals surface area contributed by atoms with Crippen LogP contribution in [0.25, 0.3) is 11.6 Å². The summed E-state index contributed by atoms with van der Waals surface area (Å²) in [4.78, 5) is 13.1. The number of benzene rings is 3. The van der Waals surface area contributed by atoms with Crippen molar-refractivity contribution in [2.45, 2.75) is 0 Å². The van der Waals surface area contributed by atoms with Crippen LogP contribution in [0.3, 0.4) is 0 Å². The smallest absolute Gasteiger partial charge is 0.256 e. The third-order valence-corrected chi connectivity index (χ3v) is 4.52. The number of carbonyl (C=O) groups is 1. The van der Waals surface area contributed by atoms with Gasteiger partial charge in [-0.15, -0.1) is 0 Å². The van der Waals surface area contributed by atoms with Gasteiger partial charge in [0, 0.05) is 22.3 Å². The molecule has 0 aromatic heterocycles. The molecule has 3 aromatic carbocycles. The van der Waals surface area contributed by atoms with E-state index in [1.165, 1.54) is 0 Å². The van der Waals surface area contributed by atoms with Crippen LogP contribution in [0.15, 0.2) is 72.8 Å². The van der Waals surface area contributed by atoms with Crippen LogP contribution in [-0.2, 0) is 4.79 Å². The van der Waals surface area contributed by atoms with E-state index in [0.29, 0.717) is 27.8 Å². The summed E-state index contributed by atoms with van der Waals surface area (Å²) in [5.74, 6) is 0.880. The molecule has 0 saturated heterocycles. The van der Waals surface area contributed by atoms with Gasteiger partial charge in [0.1, 0.15) is 0 Å². The molecule has 0 aliphatic rings. The molecule has 0 atom stereocenters. The predicted octanol–water partition coefficient (Wildman–Crippen LogP) is 5.54. The first-order valence-electron chi connectivity index (χ1n) is 8.67. The Balaban J connectivity index is 1.97. The number of hydrogen-bond acceptors (Lipinski definition) is 3. The largest absolute Gasteiger partial charge is 0.493 e. The minimum absolute atomic E-state index is 0.252. The van der Waals surface area contributed by atoms with Crippen LogP contribution in [0.5, 0.6) is 11.5 Å². The molecule has 0 heterocycles. The van der Waals surface area contributed by atoms with Crippen molar-refractivity contribution in [3.8, 4) is 11.5 Å². The molecular formula is C23H20ClNO3. The Kier molecular flexibility index (Phi) is 6.35. The van der Waals surface area contributed by atoms with Gasteiger partial charge in [-0.2, -0.15) is 0 Å². The molecule has 0 radical (unpaired) electrons. The van der Waals surface area contributed by atoms with Gasteiger partial charge in [-0.3, -0.25) is 4.79 Å². The van der Waals surface area contributed by atoms with E-state index in [-0.39, 0.29) is 5.91 Å². The Morgan fingerprint density at radius 1 is 0.893 bits per heavy atom. The van der Waals surface area contributed by atoms with Crippen LogP contribution < -0.4 is 14.8 Å². The minimum atomic E-state index is -0.252. The molecule has 1 N–H and O–H groups in total. The minimum Gasteiger partial charge on any atom is -0.493 e. The van der Waals surface area contributed by atoms with Crippen molar-refractivity contribution < 1.29 is 14.3 Å². The summed E-state index contributed by atoms with van der Waals surface area (Å²) in [6.45, 7) is 0. The number of anilines is 1. The number of ether oxygens (including phenoxy) is 2. The van der Waals surface area contributed by atoms with Gasteiger partial charge in [0.05, 0.1) is 14.2 Å². The van der Waals surface area contributed by atoms with E-state index in [1.807, 2.05) is 48.5 Å². The third kappa shape index (κ3) is 4.53. The molecule has 3 aromatic rings. The molecule has 0 spiro atoms. The maximum Gasteiger partial charge on any atom is 0.256 e. The maximum atomic E-state index is 13.1. The Labute approximate surface area is 169 Å². The zero-order valence-corrected chi connectivity index (χ0v) is 16.4. The van der Waals surface area contributed by atoms with Crippen LogP contribution in [0.1, 0.15) is 11.1 Å². The summed E-state index contributed by atoms with van der Waals surface area (Å²) in [7, 11) is 3.12. The number of methoxy groups -OCH3 is 2. The van der Waals surface area contributed by atoms with Crippen LogP contribution in [0, 0.1) is 0 Å². The fraction of sp³-hybridized carbons (Fsp3) is 0.0870. The van der Waals surface area contributed by atoms with E-state index in [4.69, 9.17) is 21.1 Å². The lowest BCUT2D eigenvalue weighted by molar-refractivity contribution is -0.111. The standard InChI is InChI=1S/C23H20ClNO3/c1-27-21-13-12-18(15-22(21)28-2)25-23(26)19(16-8-4-3-5-9-16)14-17-10-6-7-11-20(17)24/h3-15H,1-2H3,(H,25,26)/b19-14+. The first-order chi connectivity index (χ1) is 13.6. The van der Waals surface area contributed by atoms with Crippen molar-refractivity contribution in [2.75, 3.05) is 19.5 Å². The van der Waals surface area contributed by atoms with Gasteiger partial charge in [0.2, 0.25) is 0 Å². The van der Waals surface area contributed by atoms with Gasteiger partial charge in [0.15, 0.2) is 11.5 Å². The zero-order valence-electron chi connectivity index (χ0n) is 15.6. The molecule has 0 saturated carbocycles. The number of nitrogens with one attached hydrogen (secondary N) is 1. The second kappa shape index (κ2) is 9.11. The lowest BCUT2D eigenvalue weighted by atomic mass is 10.0. The highest BCUT2D eigenvalue weighted by molar-refractivity contribution is 6.34. The monoisotopic (exact) mass is 393 g/mol. The van der Waals surface area contributed by atoms with Gasteiger partial charge >= 0.3 is 0 Å². The number of hydrogen-bond donors (Lipinski definition) is 1. The number of carbonyl (C=O) groups excluding carboxylic acids is 1. The van der Waals surface area contributed by atoms with E-state index < -0.39 is 0 Å². The van der Waals surface area contributed by atoms with Crippen molar-refractivity contribution in [1.29, 1.82) is 0 Å². The fourth-order valence-corrected chi connectivity index (χ4v) is 2.95. The molecule has 0 fully saturated rings. The van der Waals surface area contributed by atoms with Crippen LogP contribution >= 0.6 is 11.6 Å². The third-order valence-electron chi connectivity index (χ3n) is 4.18. The summed E-state index contributed by atoms with van der Waals surface area (Å²) < 4.78 is 10.5. The van der Waals surface area contributed by atoms with Crippen LogP contribution in [-0.4, -0.2) is 20.1 Å². The summed E-state index contributed by atoms with van der Waals surface area (Å²) in [5, 5.41) is 3.50. The molecule has 1 amide bonds. The maximum absolute atomic E-state index is 13.1. The zero-order chi connectivity index (χ0) is 19.9. The van der Waals surface area contributed by atoms with Gasteiger partial charge in [0.25, 0.3) is 5.91 Å². The highest BCUT2D eigenvalue weighted by Gasteiger charge is 2.14. The molecule has 5 heteroatoms.